The van der Waals surface area contributed by atoms with Gasteiger partial charge in [0.1, 0.15) is 11.6 Å². The number of halogens is 1. The second-order valence-corrected chi connectivity index (χ2v) is 4.70. The molecule has 1 aromatic heterocycles. The number of hydrogen-bond donors (Lipinski definition) is 1. The van der Waals surface area contributed by atoms with E-state index in [2.05, 4.69) is 22.1 Å². The van der Waals surface area contributed by atoms with Crippen LogP contribution in [0.5, 0.6) is 5.75 Å². The third-order valence-corrected chi connectivity index (χ3v) is 3.12. The van der Waals surface area contributed by atoms with Crippen LogP contribution in [0.15, 0.2) is 18.3 Å². The van der Waals surface area contributed by atoms with Crippen molar-refractivity contribution in [2.75, 3.05) is 13.0 Å². The van der Waals surface area contributed by atoms with Crippen LogP contribution in [-0.2, 0) is 6.42 Å². The molecule has 96 valence electrons. The van der Waals surface area contributed by atoms with Gasteiger partial charge in [-0.15, -0.1) is 11.6 Å². The minimum Gasteiger partial charge on any atom is -0.496 e. The molecule has 3 nitrogen and oxygen atoms in total. The Morgan fingerprint density at radius 2 is 1.94 bits per heavy atom. The van der Waals surface area contributed by atoms with Crippen molar-refractivity contribution in [1.29, 1.82) is 0 Å². The van der Waals surface area contributed by atoms with Gasteiger partial charge in [-0.05, 0) is 37.1 Å². The predicted molar refractivity (Wildman–Crippen MR) is 74.5 cm³/mol. The summed E-state index contributed by atoms with van der Waals surface area (Å²) in [7, 11) is 1.70. The molecule has 18 heavy (non-hydrogen) atoms. The number of aromatic amines is 1. The van der Waals surface area contributed by atoms with Crippen LogP contribution in [0.25, 0.3) is 11.3 Å². The number of nitrogens with zero attached hydrogens (tertiary/aromatic N) is 1. The lowest BCUT2D eigenvalue weighted by atomic mass is 10.0. The molecule has 4 heteroatoms. The molecule has 0 saturated carbocycles. The van der Waals surface area contributed by atoms with Crippen LogP contribution in [0.1, 0.15) is 17.0 Å². The number of aromatic nitrogens is 2. The number of methoxy groups -OCH3 is 1. The Kier molecular flexibility index (Phi) is 3.92. The van der Waals surface area contributed by atoms with E-state index in [4.69, 9.17) is 16.3 Å². The Labute approximate surface area is 112 Å². The number of aryl methyl sites for hydroxylation is 3. The van der Waals surface area contributed by atoms with Crippen molar-refractivity contribution >= 4 is 11.6 Å². The third kappa shape index (κ3) is 2.51. The van der Waals surface area contributed by atoms with E-state index in [0.29, 0.717) is 5.88 Å². The van der Waals surface area contributed by atoms with Crippen LogP contribution >= 0.6 is 11.6 Å². The third-order valence-electron chi connectivity index (χ3n) is 2.94. The van der Waals surface area contributed by atoms with E-state index in [1.54, 1.807) is 7.11 Å². The van der Waals surface area contributed by atoms with Crippen molar-refractivity contribution in [1.82, 2.24) is 9.97 Å². The van der Waals surface area contributed by atoms with Crippen LogP contribution in [0, 0.1) is 13.8 Å². The second kappa shape index (κ2) is 5.44. The number of nitrogens with one attached hydrogen (secondary N) is 1. The summed E-state index contributed by atoms with van der Waals surface area (Å²) in [5.74, 6) is 2.44. The predicted octanol–water partition coefficient (Wildman–Crippen LogP) is 3.48. The van der Waals surface area contributed by atoms with Crippen molar-refractivity contribution < 1.29 is 4.74 Å². The molecule has 0 fully saturated rings. The molecular formula is C14H17ClN2O. The molecule has 0 aliphatic heterocycles. The lowest BCUT2D eigenvalue weighted by Crippen LogP contribution is -1.92. The van der Waals surface area contributed by atoms with E-state index in [-0.39, 0.29) is 0 Å². The number of rotatable bonds is 4. The zero-order valence-corrected chi connectivity index (χ0v) is 11.6. The lowest BCUT2D eigenvalue weighted by molar-refractivity contribution is 0.408. The molecule has 0 bridgehead atoms. The van der Waals surface area contributed by atoms with Gasteiger partial charge in [0.15, 0.2) is 0 Å². The van der Waals surface area contributed by atoms with Gasteiger partial charge in [0.25, 0.3) is 0 Å². The average molecular weight is 265 g/mol. The SMILES string of the molecule is COc1c(C)cc(-c2cnc(CCCl)[nH]2)cc1C. The van der Waals surface area contributed by atoms with Crippen LogP contribution in [0.3, 0.4) is 0 Å². The summed E-state index contributed by atoms with van der Waals surface area (Å²) < 4.78 is 5.37. The number of benzene rings is 1. The van der Waals surface area contributed by atoms with Gasteiger partial charge in [-0.3, -0.25) is 0 Å². The van der Waals surface area contributed by atoms with Crippen molar-refractivity contribution in [2.45, 2.75) is 20.3 Å². The number of imidazole rings is 1. The summed E-state index contributed by atoms with van der Waals surface area (Å²) in [6, 6.07) is 4.20. The maximum absolute atomic E-state index is 5.70. The number of ether oxygens (including phenoxy) is 1. The van der Waals surface area contributed by atoms with Gasteiger partial charge in [-0.25, -0.2) is 4.98 Å². The van der Waals surface area contributed by atoms with Gasteiger partial charge < -0.3 is 9.72 Å². The molecule has 0 amide bonds. The lowest BCUT2D eigenvalue weighted by Gasteiger charge is -2.10. The minimum atomic E-state index is 0.577. The maximum Gasteiger partial charge on any atom is 0.124 e. The van der Waals surface area contributed by atoms with Gasteiger partial charge >= 0.3 is 0 Å². The van der Waals surface area contributed by atoms with E-state index in [0.717, 1.165) is 40.4 Å². The standard InChI is InChI=1S/C14H17ClN2O/c1-9-6-11(7-10(2)14(9)18-3)12-8-16-13(17-12)4-5-15/h6-8H,4-5H2,1-3H3,(H,16,17). The fourth-order valence-corrected chi connectivity index (χ4v) is 2.33. The zero-order valence-electron chi connectivity index (χ0n) is 10.9. The van der Waals surface area contributed by atoms with E-state index in [9.17, 15) is 0 Å². The highest BCUT2D eigenvalue weighted by molar-refractivity contribution is 6.17. The molecule has 0 aliphatic carbocycles. The Morgan fingerprint density at radius 3 is 2.50 bits per heavy atom. The topological polar surface area (TPSA) is 37.9 Å². The fourth-order valence-electron chi connectivity index (χ4n) is 2.15. The number of H-pyrrole nitrogens is 1. The number of alkyl halides is 1. The van der Waals surface area contributed by atoms with E-state index < -0.39 is 0 Å². The molecule has 0 radical (unpaired) electrons. The van der Waals surface area contributed by atoms with Crippen LogP contribution in [0.4, 0.5) is 0 Å². The first-order chi connectivity index (χ1) is 8.65. The molecular weight excluding hydrogens is 248 g/mol. The van der Waals surface area contributed by atoms with E-state index in [1.165, 1.54) is 0 Å². The molecule has 1 heterocycles. The highest BCUT2D eigenvalue weighted by Crippen LogP contribution is 2.29. The largest absolute Gasteiger partial charge is 0.496 e. The molecule has 2 aromatic rings. The first kappa shape index (κ1) is 13.0. The van der Waals surface area contributed by atoms with Crippen molar-refractivity contribution in [3.05, 3.63) is 35.3 Å². The van der Waals surface area contributed by atoms with Crippen molar-refractivity contribution in [2.24, 2.45) is 0 Å². The summed E-state index contributed by atoms with van der Waals surface area (Å²) in [5.41, 5.74) is 4.39. The van der Waals surface area contributed by atoms with Gasteiger partial charge in [-0.1, -0.05) is 0 Å². The highest BCUT2D eigenvalue weighted by atomic mass is 35.5. The Bertz CT molecular complexity index is 525. The summed E-state index contributed by atoms with van der Waals surface area (Å²) in [6.07, 6.45) is 2.61. The molecule has 1 N–H and O–H groups in total. The van der Waals surface area contributed by atoms with Gasteiger partial charge in [0.2, 0.25) is 0 Å². The monoisotopic (exact) mass is 264 g/mol. The Balaban J connectivity index is 2.38. The van der Waals surface area contributed by atoms with Crippen molar-refractivity contribution in [3.63, 3.8) is 0 Å². The maximum atomic E-state index is 5.70. The molecule has 0 unspecified atom stereocenters. The van der Waals surface area contributed by atoms with Gasteiger partial charge in [-0.2, -0.15) is 0 Å². The van der Waals surface area contributed by atoms with Gasteiger partial charge in [0, 0.05) is 17.9 Å². The van der Waals surface area contributed by atoms with E-state index in [1.807, 2.05) is 20.0 Å². The molecule has 0 atom stereocenters. The molecule has 0 aliphatic rings. The summed E-state index contributed by atoms with van der Waals surface area (Å²) >= 11 is 5.70. The average Bonchev–Trinajstić information content (AvgIpc) is 2.78. The first-order valence-corrected chi connectivity index (χ1v) is 6.44. The Morgan fingerprint density at radius 1 is 1.28 bits per heavy atom. The summed E-state index contributed by atoms with van der Waals surface area (Å²) in [4.78, 5) is 7.60. The zero-order chi connectivity index (χ0) is 13.1. The number of hydrogen-bond acceptors (Lipinski definition) is 2. The highest BCUT2D eigenvalue weighted by Gasteiger charge is 2.08. The van der Waals surface area contributed by atoms with Crippen LogP contribution in [0.2, 0.25) is 0 Å². The Hall–Kier alpha value is -1.48. The molecule has 0 saturated heterocycles. The van der Waals surface area contributed by atoms with Crippen LogP contribution < -0.4 is 4.74 Å². The molecule has 0 spiro atoms. The minimum absolute atomic E-state index is 0.577. The summed E-state index contributed by atoms with van der Waals surface area (Å²) in [6.45, 7) is 4.09. The first-order valence-electron chi connectivity index (χ1n) is 5.91. The molecule has 1 aromatic carbocycles. The normalized spacial score (nSPS) is 10.7. The van der Waals surface area contributed by atoms with Gasteiger partial charge in [0.05, 0.1) is 19.0 Å². The van der Waals surface area contributed by atoms with Crippen molar-refractivity contribution in [3.8, 4) is 17.0 Å². The smallest absolute Gasteiger partial charge is 0.124 e. The quantitative estimate of drug-likeness (QED) is 0.859. The molecule has 2 rings (SSSR count). The fraction of sp³-hybridized carbons (Fsp3) is 0.357. The van der Waals surface area contributed by atoms with Crippen LogP contribution in [-0.4, -0.2) is 23.0 Å². The second-order valence-electron chi connectivity index (χ2n) is 4.33. The summed E-state index contributed by atoms with van der Waals surface area (Å²) in [5, 5.41) is 0. The van der Waals surface area contributed by atoms with E-state index >= 15 is 0 Å².